The minimum absolute atomic E-state index is 0.446. The first-order valence-electron chi connectivity index (χ1n) is 8.03. The van der Waals surface area contributed by atoms with Gasteiger partial charge in [0, 0.05) is 23.6 Å². The van der Waals surface area contributed by atoms with Crippen molar-refractivity contribution in [2.45, 2.75) is 26.8 Å². The third-order valence-electron chi connectivity index (χ3n) is 4.15. The summed E-state index contributed by atoms with van der Waals surface area (Å²) in [5.74, 6) is 1.12. The molecule has 5 nitrogen and oxygen atoms in total. The van der Waals surface area contributed by atoms with Crippen LogP contribution >= 0.6 is 0 Å². The molecule has 1 aromatic carbocycles. The predicted octanol–water partition coefficient (Wildman–Crippen LogP) is 3.10. The van der Waals surface area contributed by atoms with E-state index in [4.69, 9.17) is 9.47 Å². The lowest BCUT2D eigenvalue weighted by Gasteiger charge is -2.11. The Bertz CT molecular complexity index is 744. The number of hydrogen-bond donors (Lipinski definition) is 0. The SMILES string of the molecule is CO/C(C)=C(/Cn1cc(CCN(C)C)c2ccc(C)cc21)OC=O. The second-order valence-corrected chi connectivity index (χ2v) is 6.25. The molecule has 0 unspecified atom stereocenters. The van der Waals surface area contributed by atoms with Crippen molar-refractivity contribution in [2.75, 3.05) is 27.7 Å². The van der Waals surface area contributed by atoms with Crippen molar-refractivity contribution in [1.82, 2.24) is 9.47 Å². The van der Waals surface area contributed by atoms with Gasteiger partial charge in [-0.05, 0) is 51.6 Å². The molecule has 0 saturated carbocycles. The lowest BCUT2D eigenvalue weighted by Crippen LogP contribution is -2.14. The predicted molar refractivity (Wildman–Crippen MR) is 95.8 cm³/mol. The molecule has 0 aliphatic rings. The molecule has 5 heteroatoms. The van der Waals surface area contributed by atoms with Crippen molar-refractivity contribution in [3.8, 4) is 0 Å². The highest BCUT2D eigenvalue weighted by Gasteiger charge is 2.13. The van der Waals surface area contributed by atoms with Gasteiger partial charge in [0.1, 0.15) is 5.76 Å². The number of aryl methyl sites for hydroxylation is 1. The summed E-state index contributed by atoms with van der Waals surface area (Å²) in [5.41, 5.74) is 3.63. The lowest BCUT2D eigenvalue weighted by atomic mass is 10.1. The average molecular weight is 330 g/mol. The van der Waals surface area contributed by atoms with Crippen LogP contribution in [0.15, 0.2) is 35.9 Å². The molecule has 0 aliphatic heterocycles. The van der Waals surface area contributed by atoms with Crippen molar-refractivity contribution in [2.24, 2.45) is 0 Å². The second-order valence-electron chi connectivity index (χ2n) is 6.25. The Morgan fingerprint density at radius 2 is 2.08 bits per heavy atom. The van der Waals surface area contributed by atoms with E-state index in [2.05, 4.69) is 54.9 Å². The van der Waals surface area contributed by atoms with Gasteiger partial charge in [-0.2, -0.15) is 0 Å². The summed E-state index contributed by atoms with van der Waals surface area (Å²) in [6.07, 6.45) is 3.11. The van der Waals surface area contributed by atoms with Gasteiger partial charge in [-0.25, -0.2) is 0 Å². The molecular formula is C19H26N2O3. The van der Waals surface area contributed by atoms with Crippen LogP contribution in [-0.2, 0) is 27.2 Å². The van der Waals surface area contributed by atoms with Gasteiger partial charge in [-0.1, -0.05) is 12.1 Å². The Kier molecular flexibility index (Phi) is 6.04. The number of nitrogens with zero attached hydrogens (tertiary/aromatic N) is 2. The molecule has 0 bridgehead atoms. The van der Waals surface area contributed by atoms with E-state index in [9.17, 15) is 4.79 Å². The summed E-state index contributed by atoms with van der Waals surface area (Å²) in [5, 5.41) is 1.24. The quantitative estimate of drug-likeness (QED) is 0.551. The molecule has 24 heavy (non-hydrogen) atoms. The summed E-state index contributed by atoms with van der Waals surface area (Å²) < 4.78 is 12.5. The Labute approximate surface area is 143 Å². The van der Waals surface area contributed by atoms with Crippen molar-refractivity contribution in [3.05, 3.63) is 47.0 Å². The highest BCUT2D eigenvalue weighted by Crippen LogP contribution is 2.25. The lowest BCUT2D eigenvalue weighted by molar-refractivity contribution is -0.125. The van der Waals surface area contributed by atoms with Crippen molar-refractivity contribution >= 4 is 17.4 Å². The first kappa shape index (κ1) is 18.1. The Morgan fingerprint density at radius 3 is 2.71 bits per heavy atom. The van der Waals surface area contributed by atoms with Crippen molar-refractivity contribution in [3.63, 3.8) is 0 Å². The summed E-state index contributed by atoms with van der Waals surface area (Å²) in [4.78, 5) is 13.0. The Hall–Kier alpha value is -2.27. The molecule has 1 heterocycles. The Balaban J connectivity index is 2.45. The topological polar surface area (TPSA) is 43.7 Å². The number of hydrogen-bond acceptors (Lipinski definition) is 4. The van der Waals surface area contributed by atoms with Gasteiger partial charge in [-0.15, -0.1) is 0 Å². The smallest absolute Gasteiger partial charge is 0.298 e. The second kappa shape index (κ2) is 8.02. The summed E-state index contributed by atoms with van der Waals surface area (Å²) in [6.45, 7) is 5.76. The maximum atomic E-state index is 10.8. The molecule has 2 rings (SSSR count). The van der Waals surface area contributed by atoms with Gasteiger partial charge < -0.3 is 18.9 Å². The average Bonchev–Trinajstić information content (AvgIpc) is 2.88. The van der Waals surface area contributed by atoms with Crippen molar-refractivity contribution in [1.29, 1.82) is 0 Å². The minimum Gasteiger partial charge on any atom is -0.498 e. The third kappa shape index (κ3) is 4.17. The third-order valence-corrected chi connectivity index (χ3v) is 4.15. The van der Waals surface area contributed by atoms with Crippen LogP contribution in [-0.4, -0.2) is 43.7 Å². The number of methoxy groups -OCH3 is 1. The summed E-state index contributed by atoms with van der Waals surface area (Å²) in [6, 6.07) is 6.46. The van der Waals surface area contributed by atoms with Crippen LogP contribution in [0, 0.1) is 6.92 Å². The number of benzene rings is 1. The van der Waals surface area contributed by atoms with Crippen LogP contribution in [0.1, 0.15) is 18.1 Å². The monoisotopic (exact) mass is 330 g/mol. The standard InChI is InChI=1S/C19H26N2O3/c1-14-6-7-17-16(8-9-20(3)4)11-21(18(17)10-14)12-19(24-13-22)15(2)23-5/h6-7,10-11,13H,8-9,12H2,1-5H3/b19-15-. The maximum Gasteiger partial charge on any atom is 0.298 e. The van der Waals surface area contributed by atoms with Gasteiger partial charge in [-0.3, -0.25) is 4.79 Å². The van der Waals surface area contributed by atoms with Crippen LogP contribution in [0.5, 0.6) is 0 Å². The normalized spacial score (nSPS) is 12.4. The van der Waals surface area contributed by atoms with Gasteiger partial charge in [0.25, 0.3) is 6.47 Å². The molecular weight excluding hydrogens is 304 g/mol. The fourth-order valence-electron chi connectivity index (χ4n) is 2.71. The molecule has 0 atom stereocenters. The van der Waals surface area contributed by atoms with E-state index in [1.54, 1.807) is 14.0 Å². The summed E-state index contributed by atoms with van der Waals surface area (Å²) in [7, 11) is 5.72. The number of carbonyl (C=O) groups excluding carboxylic acids is 1. The number of likely N-dealkylation sites (N-methyl/N-ethyl adjacent to an activating group) is 1. The molecule has 0 fully saturated rings. The fourth-order valence-corrected chi connectivity index (χ4v) is 2.71. The molecule has 2 aromatic rings. The number of aromatic nitrogens is 1. The highest BCUT2D eigenvalue weighted by atomic mass is 16.5. The number of allylic oxidation sites excluding steroid dienone is 2. The first-order chi connectivity index (χ1) is 11.5. The van der Waals surface area contributed by atoms with Gasteiger partial charge in [0.15, 0.2) is 5.76 Å². The largest absolute Gasteiger partial charge is 0.498 e. The number of rotatable bonds is 8. The zero-order valence-corrected chi connectivity index (χ0v) is 15.1. The van der Waals surface area contributed by atoms with Gasteiger partial charge in [0.2, 0.25) is 0 Å². The molecule has 0 N–H and O–H groups in total. The fraction of sp³-hybridized carbons (Fsp3) is 0.421. The number of fused-ring (bicyclic) bond motifs is 1. The molecule has 0 saturated heterocycles. The molecule has 0 spiro atoms. The molecule has 0 aliphatic carbocycles. The van der Waals surface area contributed by atoms with Gasteiger partial charge in [0.05, 0.1) is 13.7 Å². The first-order valence-corrected chi connectivity index (χ1v) is 8.03. The van der Waals surface area contributed by atoms with E-state index in [-0.39, 0.29) is 0 Å². The minimum atomic E-state index is 0.446. The number of ether oxygens (including phenoxy) is 2. The zero-order chi connectivity index (χ0) is 17.7. The molecule has 1 aromatic heterocycles. The number of carbonyl (C=O) groups is 1. The van der Waals surface area contributed by atoms with E-state index in [0.717, 1.165) is 18.5 Å². The molecule has 0 radical (unpaired) electrons. The van der Waals surface area contributed by atoms with E-state index >= 15 is 0 Å². The van der Waals surface area contributed by atoms with Crippen LogP contribution < -0.4 is 0 Å². The van der Waals surface area contributed by atoms with E-state index < -0.39 is 0 Å². The molecule has 130 valence electrons. The van der Waals surface area contributed by atoms with E-state index in [1.807, 2.05) is 0 Å². The van der Waals surface area contributed by atoms with Crippen LogP contribution in [0.2, 0.25) is 0 Å². The van der Waals surface area contributed by atoms with Crippen LogP contribution in [0.4, 0.5) is 0 Å². The van der Waals surface area contributed by atoms with E-state index in [1.165, 1.54) is 16.5 Å². The maximum absolute atomic E-state index is 10.8. The Morgan fingerprint density at radius 1 is 1.33 bits per heavy atom. The van der Waals surface area contributed by atoms with E-state index in [0.29, 0.717) is 24.5 Å². The molecule has 0 amide bonds. The van der Waals surface area contributed by atoms with Crippen LogP contribution in [0.25, 0.3) is 10.9 Å². The highest BCUT2D eigenvalue weighted by molar-refractivity contribution is 5.84. The zero-order valence-electron chi connectivity index (χ0n) is 15.1. The summed E-state index contributed by atoms with van der Waals surface area (Å²) >= 11 is 0. The van der Waals surface area contributed by atoms with Gasteiger partial charge >= 0.3 is 0 Å². The van der Waals surface area contributed by atoms with Crippen molar-refractivity contribution < 1.29 is 14.3 Å². The van der Waals surface area contributed by atoms with Crippen LogP contribution in [0.3, 0.4) is 0 Å².